The van der Waals surface area contributed by atoms with Gasteiger partial charge in [0.25, 0.3) is 0 Å². The first-order valence-corrected chi connectivity index (χ1v) is 5.46. The number of aromatic nitrogens is 1. The number of rotatable bonds is 3. The molecule has 0 radical (unpaired) electrons. The molecule has 1 heterocycles. The van der Waals surface area contributed by atoms with E-state index in [0.717, 1.165) is 17.4 Å². The fraction of sp³-hybridized carbons (Fsp3) is 0.375. The van der Waals surface area contributed by atoms with Gasteiger partial charge >= 0.3 is 0 Å². The minimum Gasteiger partial charge on any atom is -0.261 e. The second-order valence-corrected chi connectivity index (χ2v) is 4.22. The van der Waals surface area contributed by atoms with Crippen LogP contribution in [-0.4, -0.2) is 15.1 Å². The lowest BCUT2D eigenvalue weighted by molar-refractivity contribution is 0.927. The van der Waals surface area contributed by atoms with Gasteiger partial charge in [-0.15, -0.1) is 17.0 Å². The summed E-state index contributed by atoms with van der Waals surface area (Å²) in [6.07, 6.45) is 2.80. The number of hydrogen-bond acceptors (Lipinski definition) is 1. The zero-order chi connectivity index (χ0) is 8.10. The van der Waals surface area contributed by atoms with E-state index < -0.39 is 0 Å². The third-order valence-electron chi connectivity index (χ3n) is 1.32. The standard InChI is InChI=1S/C8H9Br2N.BrH/c9-6-7(10)5-8-3-1-2-4-11-8;/h1-4,7H,5-6H2;1H. The van der Waals surface area contributed by atoms with Crippen molar-refractivity contribution in [2.24, 2.45) is 0 Å². The first-order chi connectivity index (χ1) is 5.33. The molecule has 4 heteroatoms. The Bertz CT molecular complexity index is 203. The average Bonchev–Trinajstić information content (AvgIpc) is 2.06. The molecule has 1 unspecified atom stereocenters. The Hall–Kier alpha value is 0.590. The summed E-state index contributed by atoms with van der Waals surface area (Å²) in [5.74, 6) is 0. The molecule has 1 aromatic rings. The molecule has 1 aromatic heterocycles. The van der Waals surface area contributed by atoms with Gasteiger partial charge in [0, 0.05) is 28.5 Å². The lowest BCUT2D eigenvalue weighted by Gasteiger charge is -2.03. The number of halogens is 3. The molecule has 0 saturated carbocycles. The molecule has 0 N–H and O–H groups in total. The third kappa shape index (κ3) is 4.58. The molecule has 12 heavy (non-hydrogen) atoms. The first kappa shape index (κ1) is 12.6. The highest BCUT2D eigenvalue weighted by Gasteiger charge is 2.02. The molecule has 1 atom stereocenters. The van der Waals surface area contributed by atoms with Crippen molar-refractivity contribution in [3.05, 3.63) is 30.1 Å². The van der Waals surface area contributed by atoms with E-state index in [4.69, 9.17) is 0 Å². The Morgan fingerprint density at radius 2 is 2.17 bits per heavy atom. The van der Waals surface area contributed by atoms with Crippen molar-refractivity contribution in [3.63, 3.8) is 0 Å². The van der Waals surface area contributed by atoms with E-state index in [1.165, 1.54) is 0 Å². The van der Waals surface area contributed by atoms with Crippen molar-refractivity contribution < 1.29 is 0 Å². The van der Waals surface area contributed by atoms with Gasteiger partial charge in [0.05, 0.1) is 0 Å². The Morgan fingerprint density at radius 3 is 2.67 bits per heavy atom. The van der Waals surface area contributed by atoms with Crippen LogP contribution in [-0.2, 0) is 6.42 Å². The number of nitrogens with zero attached hydrogens (tertiary/aromatic N) is 1. The Labute approximate surface area is 100.0 Å². The fourth-order valence-electron chi connectivity index (χ4n) is 0.800. The summed E-state index contributed by atoms with van der Waals surface area (Å²) in [4.78, 5) is 4.70. The van der Waals surface area contributed by atoms with Crippen molar-refractivity contribution in [3.8, 4) is 0 Å². The molecule has 0 aromatic carbocycles. The van der Waals surface area contributed by atoms with E-state index in [-0.39, 0.29) is 17.0 Å². The van der Waals surface area contributed by atoms with Crippen molar-refractivity contribution in [2.45, 2.75) is 11.2 Å². The van der Waals surface area contributed by atoms with Gasteiger partial charge in [0.15, 0.2) is 0 Å². The molecule has 0 amide bonds. The van der Waals surface area contributed by atoms with E-state index in [2.05, 4.69) is 36.8 Å². The molecule has 0 spiro atoms. The summed E-state index contributed by atoms with van der Waals surface area (Å²) in [5, 5.41) is 0.962. The van der Waals surface area contributed by atoms with Crippen molar-refractivity contribution >= 4 is 48.8 Å². The molecule has 0 aliphatic heterocycles. The molecule has 1 rings (SSSR count). The Kier molecular flexibility index (Phi) is 7.38. The maximum atomic E-state index is 4.22. The van der Waals surface area contributed by atoms with Crippen LogP contribution < -0.4 is 0 Å². The number of alkyl halides is 2. The second kappa shape index (κ2) is 7.04. The van der Waals surface area contributed by atoms with Crippen LogP contribution in [0.5, 0.6) is 0 Å². The van der Waals surface area contributed by atoms with E-state index >= 15 is 0 Å². The molecule has 0 fully saturated rings. The summed E-state index contributed by atoms with van der Waals surface area (Å²) in [7, 11) is 0. The zero-order valence-corrected chi connectivity index (χ0v) is 11.3. The summed E-state index contributed by atoms with van der Waals surface area (Å²) in [5.41, 5.74) is 1.13. The monoisotopic (exact) mass is 357 g/mol. The molecule has 0 aliphatic rings. The summed E-state index contributed by atoms with van der Waals surface area (Å²) < 4.78 is 0. The van der Waals surface area contributed by atoms with E-state index in [0.29, 0.717) is 4.83 Å². The van der Waals surface area contributed by atoms with Crippen LogP contribution in [0.15, 0.2) is 24.4 Å². The maximum Gasteiger partial charge on any atom is 0.0415 e. The quantitative estimate of drug-likeness (QED) is 0.754. The summed E-state index contributed by atoms with van der Waals surface area (Å²) in [6.45, 7) is 0. The summed E-state index contributed by atoms with van der Waals surface area (Å²) >= 11 is 6.92. The minimum atomic E-state index is 0. The number of pyridine rings is 1. The predicted octanol–water partition coefficient (Wildman–Crippen LogP) is 3.36. The fourth-order valence-corrected chi connectivity index (χ4v) is 1.36. The summed E-state index contributed by atoms with van der Waals surface area (Å²) in [6, 6.07) is 5.98. The van der Waals surface area contributed by atoms with Crippen LogP contribution in [0.3, 0.4) is 0 Å². The predicted molar refractivity (Wildman–Crippen MR) is 64.8 cm³/mol. The van der Waals surface area contributed by atoms with Gasteiger partial charge in [-0.2, -0.15) is 0 Å². The van der Waals surface area contributed by atoms with Gasteiger partial charge in [-0.05, 0) is 12.1 Å². The highest BCUT2D eigenvalue weighted by atomic mass is 79.9. The van der Waals surface area contributed by atoms with Crippen LogP contribution in [0.1, 0.15) is 5.69 Å². The molecule has 0 aliphatic carbocycles. The van der Waals surface area contributed by atoms with E-state index in [1.807, 2.05) is 24.4 Å². The van der Waals surface area contributed by atoms with Crippen molar-refractivity contribution in [1.82, 2.24) is 4.98 Å². The SMILES string of the molecule is Br.BrCC(Br)Cc1ccccn1. The van der Waals surface area contributed by atoms with Crippen LogP contribution in [0.4, 0.5) is 0 Å². The zero-order valence-electron chi connectivity index (χ0n) is 6.41. The van der Waals surface area contributed by atoms with Crippen LogP contribution in [0.2, 0.25) is 0 Å². The van der Waals surface area contributed by atoms with Crippen molar-refractivity contribution in [2.75, 3.05) is 5.33 Å². The molecule has 1 nitrogen and oxygen atoms in total. The minimum absolute atomic E-state index is 0. The Balaban J connectivity index is 0.00000121. The second-order valence-electron chi connectivity index (χ2n) is 2.28. The van der Waals surface area contributed by atoms with Crippen LogP contribution >= 0.6 is 48.8 Å². The highest BCUT2D eigenvalue weighted by Crippen LogP contribution is 2.09. The first-order valence-electron chi connectivity index (χ1n) is 3.43. The van der Waals surface area contributed by atoms with Crippen LogP contribution in [0.25, 0.3) is 0 Å². The normalized spacial score (nSPS) is 11.8. The van der Waals surface area contributed by atoms with Gasteiger partial charge in [-0.1, -0.05) is 37.9 Å². The lowest BCUT2D eigenvalue weighted by Crippen LogP contribution is -2.04. The van der Waals surface area contributed by atoms with Gasteiger partial charge < -0.3 is 0 Å². The van der Waals surface area contributed by atoms with E-state index in [1.54, 1.807) is 0 Å². The molecular formula is C8H10Br3N. The van der Waals surface area contributed by atoms with Gasteiger partial charge in [0.1, 0.15) is 0 Å². The average molecular weight is 360 g/mol. The largest absolute Gasteiger partial charge is 0.261 e. The smallest absolute Gasteiger partial charge is 0.0415 e. The topological polar surface area (TPSA) is 12.9 Å². The number of hydrogen-bond donors (Lipinski definition) is 0. The van der Waals surface area contributed by atoms with E-state index in [9.17, 15) is 0 Å². The lowest BCUT2D eigenvalue weighted by atomic mass is 10.2. The van der Waals surface area contributed by atoms with Gasteiger partial charge in [-0.25, -0.2) is 0 Å². The molecule has 68 valence electrons. The van der Waals surface area contributed by atoms with Gasteiger partial charge in [0.2, 0.25) is 0 Å². The molecule has 0 bridgehead atoms. The maximum absolute atomic E-state index is 4.22. The Morgan fingerprint density at radius 1 is 1.42 bits per heavy atom. The molecular weight excluding hydrogens is 350 g/mol. The van der Waals surface area contributed by atoms with Crippen LogP contribution in [0, 0.1) is 0 Å². The van der Waals surface area contributed by atoms with Gasteiger partial charge in [-0.3, -0.25) is 4.98 Å². The van der Waals surface area contributed by atoms with Crippen molar-refractivity contribution in [1.29, 1.82) is 0 Å². The third-order valence-corrected chi connectivity index (χ3v) is 3.62. The molecule has 0 saturated heterocycles. The highest BCUT2D eigenvalue weighted by molar-refractivity contribution is 9.12.